The monoisotopic (exact) mass is 807 g/mol. The molecule has 0 unspecified atom stereocenters. The van der Waals surface area contributed by atoms with Crippen LogP contribution in [0.15, 0.2) is 224 Å². The molecule has 0 amide bonds. The second-order valence-corrected chi connectivity index (χ2v) is 15.9. The minimum Gasteiger partial charge on any atom is -0.449 e. The van der Waals surface area contributed by atoms with Crippen molar-refractivity contribution in [3.63, 3.8) is 0 Å². The van der Waals surface area contributed by atoms with Crippen LogP contribution in [0, 0.1) is 0 Å². The third kappa shape index (κ3) is 6.13. The van der Waals surface area contributed by atoms with Crippen molar-refractivity contribution in [1.82, 2.24) is 15.0 Å². The van der Waals surface area contributed by atoms with Crippen molar-refractivity contribution < 1.29 is 9.47 Å². The lowest BCUT2D eigenvalue weighted by Gasteiger charge is -2.34. The van der Waals surface area contributed by atoms with Crippen molar-refractivity contribution in [2.75, 3.05) is 0 Å². The minimum atomic E-state index is -0.537. The molecule has 9 aromatic carbocycles. The van der Waals surface area contributed by atoms with Crippen LogP contribution in [-0.2, 0) is 5.41 Å². The molecule has 2 aliphatic rings. The summed E-state index contributed by atoms with van der Waals surface area (Å²) in [7, 11) is 0. The number of fused-ring (bicyclic) bond motifs is 6. The fourth-order valence-electron chi connectivity index (χ4n) is 9.35. The van der Waals surface area contributed by atoms with E-state index in [9.17, 15) is 0 Å². The molecule has 0 bridgehead atoms. The Labute approximate surface area is 365 Å². The van der Waals surface area contributed by atoms with Gasteiger partial charge in [0.2, 0.25) is 0 Å². The first-order valence-corrected chi connectivity index (χ1v) is 21.2. The van der Waals surface area contributed by atoms with Crippen molar-refractivity contribution in [2.45, 2.75) is 5.41 Å². The van der Waals surface area contributed by atoms with E-state index < -0.39 is 5.41 Å². The minimum absolute atomic E-state index is 0.537. The van der Waals surface area contributed by atoms with E-state index in [1.807, 2.05) is 42.5 Å². The number of benzene rings is 9. The van der Waals surface area contributed by atoms with Crippen molar-refractivity contribution in [2.24, 2.45) is 0 Å². The third-order valence-corrected chi connectivity index (χ3v) is 12.3. The molecule has 0 saturated heterocycles. The predicted octanol–water partition coefficient (Wildman–Crippen LogP) is 14.5. The quantitative estimate of drug-likeness (QED) is 0.161. The van der Waals surface area contributed by atoms with E-state index in [0.29, 0.717) is 34.7 Å². The fraction of sp³-hybridized carbons (Fsp3) is 0.0172. The van der Waals surface area contributed by atoms with Crippen LogP contribution >= 0.6 is 0 Å². The van der Waals surface area contributed by atoms with Crippen molar-refractivity contribution in [1.29, 1.82) is 0 Å². The van der Waals surface area contributed by atoms with Crippen LogP contribution in [-0.4, -0.2) is 15.0 Å². The highest BCUT2D eigenvalue weighted by Crippen LogP contribution is 2.62. The highest BCUT2D eigenvalue weighted by Gasteiger charge is 2.48. The van der Waals surface area contributed by atoms with Gasteiger partial charge in [-0.05, 0) is 68.3 Å². The van der Waals surface area contributed by atoms with E-state index >= 15 is 0 Å². The molecule has 0 N–H and O–H groups in total. The molecule has 1 aromatic heterocycles. The SMILES string of the molecule is c1ccc(-c2ccc(-c3nc(-c4ccccc4)nc(-c4ccc(-c5ccc6c(c5)Oc5c(ccc7c5-c5ccccc5C7(c5ccccc5)c5ccccc5)O6)cc4)n3)cc2)cc1. The summed E-state index contributed by atoms with van der Waals surface area (Å²) in [4.78, 5) is 14.9. The number of aromatic nitrogens is 3. The van der Waals surface area contributed by atoms with Crippen molar-refractivity contribution in [3.8, 4) is 90.5 Å². The van der Waals surface area contributed by atoms with Crippen LogP contribution in [0.5, 0.6) is 23.0 Å². The van der Waals surface area contributed by atoms with E-state index in [0.717, 1.165) is 55.8 Å². The number of hydrogen-bond donors (Lipinski definition) is 0. The van der Waals surface area contributed by atoms with E-state index in [2.05, 4.69) is 182 Å². The topological polar surface area (TPSA) is 57.1 Å². The summed E-state index contributed by atoms with van der Waals surface area (Å²) < 4.78 is 13.6. The molecule has 0 fully saturated rings. The van der Waals surface area contributed by atoms with Gasteiger partial charge in [0.15, 0.2) is 40.5 Å². The first kappa shape index (κ1) is 36.4. The molecule has 5 nitrogen and oxygen atoms in total. The molecule has 296 valence electrons. The molecule has 0 atom stereocenters. The van der Waals surface area contributed by atoms with E-state index in [1.165, 1.54) is 22.3 Å². The lowest BCUT2D eigenvalue weighted by atomic mass is 9.68. The molecule has 0 spiro atoms. The maximum Gasteiger partial charge on any atom is 0.178 e. The van der Waals surface area contributed by atoms with Gasteiger partial charge >= 0.3 is 0 Å². The first-order valence-electron chi connectivity index (χ1n) is 21.2. The third-order valence-electron chi connectivity index (χ3n) is 12.3. The lowest BCUT2D eigenvalue weighted by Crippen LogP contribution is -2.28. The number of hydrogen-bond acceptors (Lipinski definition) is 5. The predicted molar refractivity (Wildman–Crippen MR) is 251 cm³/mol. The second-order valence-electron chi connectivity index (χ2n) is 15.9. The van der Waals surface area contributed by atoms with Gasteiger partial charge in [0.1, 0.15) is 0 Å². The van der Waals surface area contributed by atoms with Gasteiger partial charge in [-0.1, -0.05) is 206 Å². The Morgan fingerprint density at radius 1 is 0.302 bits per heavy atom. The van der Waals surface area contributed by atoms with Gasteiger partial charge in [-0.2, -0.15) is 0 Å². The zero-order valence-corrected chi connectivity index (χ0v) is 34.0. The molecule has 10 aromatic rings. The van der Waals surface area contributed by atoms with Gasteiger partial charge in [0, 0.05) is 22.3 Å². The summed E-state index contributed by atoms with van der Waals surface area (Å²) in [5.74, 6) is 4.61. The molecule has 0 radical (unpaired) electrons. The average molecular weight is 808 g/mol. The maximum atomic E-state index is 6.99. The summed E-state index contributed by atoms with van der Waals surface area (Å²) >= 11 is 0. The fourth-order valence-corrected chi connectivity index (χ4v) is 9.35. The van der Waals surface area contributed by atoms with E-state index in [4.69, 9.17) is 24.4 Å². The van der Waals surface area contributed by atoms with Crippen LogP contribution in [0.25, 0.3) is 67.5 Å². The number of rotatable bonds is 7. The highest BCUT2D eigenvalue weighted by atomic mass is 16.6. The lowest BCUT2D eigenvalue weighted by molar-refractivity contribution is 0.360. The summed E-state index contributed by atoms with van der Waals surface area (Å²) in [5.41, 5.74) is 13.5. The number of ether oxygens (including phenoxy) is 2. The normalized spacial score (nSPS) is 12.8. The molecule has 0 saturated carbocycles. The molecule has 63 heavy (non-hydrogen) atoms. The summed E-state index contributed by atoms with van der Waals surface area (Å²) in [6, 6.07) is 77.9. The molecular weight excluding hydrogens is 771 g/mol. The maximum absolute atomic E-state index is 6.99. The second kappa shape index (κ2) is 14.9. The summed E-state index contributed by atoms with van der Waals surface area (Å²) in [6.07, 6.45) is 0. The van der Waals surface area contributed by atoms with Crippen molar-refractivity contribution >= 4 is 0 Å². The average Bonchev–Trinajstić information content (AvgIpc) is 3.68. The Morgan fingerprint density at radius 2 is 0.730 bits per heavy atom. The summed E-state index contributed by atoms with van der Waals surface area (Å²) in [6.45, 7) is 0. The van der Waals surface area contributed by atoms with E-state index in [-0.39, 0.29) is 0 Å². The van der Waals surface area contributed by atoms with Crippen LogP contribution in [0.2, 0.25) is 0 Å². The molecule has 2 heterocycles. The Kier molecular flexibility index (Phi) is 8.64. The largest absolute Gasteiger partial charge is 0.449 e. The molecule has 12 rings (SSSR count). The summed E-state index contributed by atoms with van der Waals surface area (Å²) in [5, 5.41) is 0. The molecular formula is C58H37N3O2. The van der Waals surface area contributed by atoms with Crippen LogP contribution in [0.4, 0.5) is 0 Å². The van der Waals surface area contributed by atoms with Gasteiger partial charge < -0.3 is 9.47 Å². The number of nitrogens with zero attached hydrogens (tertiary/aromatic N) is 3. The molecule has 1 aliphatic heterocycles. The molecule has 5 heteroatoms. The van der Waals surface area contributed by atoms with Gasteiger partial charge in [-0.25, -0.2) is 15.0 Å². The molecule has 1 aliphatic carbocycles. The highest BCUT2D eigenvalue weighted by molar-refractivity contribution is 5.92. The van der Waals surface area contributed by atoms with Crippen LogP contribution in [0.1, 0.15) is 22.3 Å². The van der Waals surface area contributed by atoms with Gasteiger partial charge in [0.05, 0.1) is 5.41 Å². The van der Waals surface area contributed by atoms with Crippen LogP contribution in [0.3, 0.4) is 0 Å². The Balaban J connectivity index is 0.899. The van der Waals surface area contributed by atoms with Crippen LogP contribution < -0.4 is 9.47 Å². The Hall–Kier alpha value is -8.41. The van der Waals surface area contributed by atoms with Gasteiger partial charge in [-0.15, -0.1) is 0 Å². The Bertz CT molecular complexity index is 3260. The Morgan fingerprint density at radius 3 is 1.32 bits per heavy atom. The smallest absolute Gasteiger partial charge is 0.178 e. The van der Waals surface area contributed by atoms with Gasteiger partial charge in [0.25, 0.3) is 0 Å². The van der Waals surface area contributed by atoms with Gasteiger partial charge in [-0.3, -0.25) is 0 Å². The standard InChI is InChI=1S/C58H37N3O2/c1-5-15-38(16-6-1)39-25-29-42(30-26-39)56-59-55(41-17-7-2-8-18-41)60-57(61-56)43-31-27-40(28-32-43)44-33-35-50-52(37-44)63-54-51(62-50)36-34-49-53(54)47-23-13-14-24-48(47)58(49,45-19-9-3-10-20-45)46-21-11-4-12-22-46/h1-37H. The van der Waals surface area contributed by atoms with E-state index in [1.54, 1.807) is 0 Å². The zero-order valence-electron chi connectivity index (χ0n) is 34.0. The first-order chi connectivity index (χ1) is 31.2. The zero-order chi connectivity index (χ0) is 41.7. The van der Waals surface area contributed by atoms with Crippen molar-refractivity contribution in [3.05, 3.63) is 247 Å².